The number of alkyl halides is 1. The van der Waals surface area contributed by atoms with E-state index in [2.05, 4.69) is 48.0 Å². The van der Waals surface area contributed by atoms with E-state index in [1.807, 2.05) is 18.2 Å². The third-order valence-electron chi connectivity index (χ3n) is 3.99. The molecule has 0 aliphatic carbocycles. The zero-order valence-electron chi connectivity index (χ0n) is 14.9. The SMILES string of the molecule is CC(C)Oc1ccc(OCCCCCCCCBr)c2ccccc12. The molecule has 0 spiro atoms. The minimum absolute atomic E-state index is 0.171. The van der Waals surface area contributed by atoms with Crippen LogP contribution in [0.15, 0.2) is 36.4 Å². The summed E-state index contributed by atoms with van der Waals surface area (Å²) in [6, 6.07) is 12.4. The number of unbranched alkanes of at least 4 members (excludes halogenated alkanes) is 5. The Labute approximate surface area is 154 Å². The Hall–Kier alpha value is -1.22. The van der Waals surface area contributed by atoms with Gasteiger partial charge in [-0.05, 0) is 38.8 Å². The van der Waals surface area contributed by atoms with E-state index in [0.717, 1.165) is 40.6 Å². The number of ether oxygens (including phenoxy) is 2. The molecule has 0 saturated heterocycles. The Morgan fingerprint density at radius 1 is 0.792 bits per heavy atom. The summed E-state index contributed by atoms with van der Waals surface area (Å²) in [6.07, 6.45) is 7.78. The second-order valence-corrected chi connectivity index (χ2v) is 7.23. The first-order chi connectivity index (χ1) is 11.7. The molecule has 24 heavy (non-hydrogen) atoms. The lowest BCUT2D eigenvalue weighted by atomic mass is 10.1. The summed E-state index contributed by atoms with van der Waals surface area (Å²) in [5.41, 5.74) is 0. The topological polar surface area (TPSA) is 18.5 Å². The minimum atomic E-state index is 0.171. The van der Waals surface area contributed by atoms with Crippen molar-refractivity contribution in [2.45, 2.75) is 58.5 Å². The van der Waals surface area contributed by atoms with E-state index < -0.39 is 0 Å². The molecular formula is C21H29BrO2. The number of fused-ring (bicyclic) bond motifs is 1. The largest absolute Gasteiger partial charge is 0.493 e. The molecule has 0 amide bonds. The highest BCUT2D eigenvalue weighted by molar-refractivity contribution is 9.09. The van der Waals surface area contributed by atoms with Crippen LogP contribution in [0.25, 0.3) is 10.8 Å². The molecule has 0 aliphatic heterocycles. The molecule has 0 N–H and O–H groups in total. The highest BCUT2D eigenvalue weighted by atomic mass is 79.9. The molecule has 132 valence electrons. The highest BCUT2D eigenvalue weighted by Gasteiger charge is 2.08. The van der Waals surface area contributed by atoms with E-state index in [-0.39, 0.29) is 6.10 Å². The molecule has 3 heteroatoms. The Balaban J connectivity index is 1.88. The summed E-state index contributed by atoms with van der Waals surface area (Å²) in [5.74, 6) is 1.89. The number of halogens is 1. The van der Waals surface area contributed by atoms with Crippen LogP contribution in [0.1, 0.15) is 52.4 Å². The van der Waals surface area contributed by atoms with Gasteiger partial charge in [0.2, 0.25) is 0 Å². The van der Waals surface area contributed by atoms with Gasteiger partial charge in [-0.15, -0.1) is 0 Å². The standard InChI is InChI=1S/C21H29BrO2/c1-17(2)24-21-14-13-20(18-11-7-8-12-19(18)21)23-16-10-6-4-3-5-9-15-22/h7-8,11-14,17H,3-6,9-10,15-16H2,1-2H3. The van der Waals surface area contributed by atoms with Crippen LogP contribution in [0, 0.1) is 0 Å². The van der Waals surface area contributed by atoms with Crippen molar-refractivity contribution in [3.8, 4) is 11.5 Å². The minimum Gasteiger partial charge on any atom is -0.493 e. The van der Waals surface area contributed by atoms with Crippen molar-refractivity contribution in [3.05, 3.63) is 36.4 Å². The van der Waals surface area contributed by atoms with Gasteiger partial charge in [-0.1, -0.05) is 65.9 Å². The highest BCUT2D eigenvalue weighted by Crippen LogP contribution is 2.33. The normalized spacial score (nSPS) is 11.2. The van der Waals surface area contributed by atoms with E-state index in [9.17, 15) is 0 Å². The molecule has 0 atom stereocenters. The monoisotopic (exact) mass is 392 g/mol. The average Bonchev–Trinajstić information content (AvgIpc) is 2.58. The molecule has 0 aromatic heterocycles. The van der Waals surface area contributed by atoms with Crippen molar-refractivity contribution in [2.24, 2.45) is 0 Å². The second kappa shape index (κ2) is 10.6. The first kappa shape index (κ1) is 19.1. The summed E-state index contributed by atoms with van der Waals surface area (Å²) in [7, 11) is 0. The molecule has 0 bridgehead atoms. The summed E-state index contributed by atoms with van der Waals surface area (Å²) < 4.78 is 12.0. The summed E-state index contributed by atoms with van der Waals surface area (Å²) in [5, 5.41) is 3.38. The molecule has 0 heterocycles. The van der Waals surface area contributed by atoms with Gasteiger partial charge in [-0.25, -0.2) is 0 Å². The fourth-order valence-corrected chi connectivity index (χ4v) is 3.21. The number of benzene rings is 2. The van der Waals surface area contributed by atoms with Crippen LogP contribution < -0.4 is 9.47 Å². The van der Waals surface area contributed by atoms with E-state index in [0.29, 0.717) is 0 Å². The average molecular weight is 393 g/mol. The third-order valence-corrected chi connectivity index (χ3v) is 4.55. The van der Waals surface area contributed by atoms with Gasteiger partial charge in [0.15, 0.2) is 0 Å². The van der Waals surface area contributed by atoms with Crippen LogP contribution in [0.3, 0.4) is 0 Å². The predicted octanol–water partition coefficient (Wildman–Crippen LogP) is 6.74. The van der Waals surface area contributed by atoms with Gasteiger partial charge < -0.3 is 9.47 Å². The van der Waals surface area contributed by atoms with Crippen LogP contribution in [0.5, 0.6) is 11.5 Å². The zero-order valence-corrected chi connectivity index (χ0v) is 16.5. The van der Waals surface area contributed by atoms with Crippen LogP contribution in [0.2, 0.25) is 0 Å². The van der Waals surface area contributed by atoms with Gasteiger partial charge in [-0.3, -0.25) is 0 Å². The maximum absolute atomic E-state index is 6.04. The lowest BCUT2D eigenvalue weighted by molar-refractivity contribution is 0.245. The number of hydrogen-bond donors (Lipinski definition) is 0. The molecule has 0 radical (unpaired) electrons. The van der Waals surface area contributed by atoms with Gasteiger partial charge >= 0.3 is 0 Å². The zero-order chi connectivity index (χ0) is 17.2. The smallest absolute Gasteiger partial charge is 0.127 e. The first-order valence-electron chi connectivity index (χ1n) is 9.09. The van der Waals surface area contributed by atoms with Crippen LogP contribution in [-0.2, 0) is 0 Å². The summed E-state index contributed by atoms with van der Waals surface area (Å²) in [4.78, 5) is 0. The van der Waals surface area contributed by atoms with Gasteiger partial charge in [0.05, 0.1) is 12.7 Å². The lowest BCUT2D eigenvalue weighted by Crippen LogP contribution is -2.06. The molecule has 2 aromatic rings. The Kier molecular flexibility index (Phi) is 8.44. The molecular weight excluding hydrogens is 364 g/mol. The quantitative estimate of drug-likeness (QED) is 0.311. The maximum atomic E-state index is 6.04. The van der Waals surface area contributed by atoms with E-state index in [1.165, 1.54) is 32.1 Å². The van der Waals surface area contributed by atoms with Gasteiger partial charge in [0.1, 0.15) is 11.5 Å². The lowest BCUT2D eigenvalue weighted by Gasteiger charge is -2.15. The second-order valence-electron chi connectivity index (χ2n) is 6.43. The van der Waals surface area contributed by atoms with Crippen molar-refractivity contribution in [2.75, 3.05) is 11.9 Å². The van der Waals surface area contributed by atoms with Crippen molar-refractivity contribution in [1.82, 2.24) is 0 Å². The number of rotatable bonds is 11. The molecule has 2 nitrogen and oxygen atoms in total. The van der Waals surface area contributed by atoms with Crippen molar-refractivity contribution < 1.29 is 9.47 Å². The van der Waals surface area contributed by atoms with Crippen molar-refractivity contribution >= 4 is 26.7 Å². The predicted molar refractivity (Wildman–Crippen MR) is 107 cm³/mol. The van der Waals surface area contributed by atoms with E-state index >= 15 is 0 Å². The van der Waals surface area contributed by atoms with Crippen molar-refractivity contribution in [1.29, 1.82) is 0 Å². The number of hydrogen-bond acceptors (Lipinski definition) is 2. The van der Waals surface area contributed by atoms with E-state index in [4.69, 9.17) is 9.47 Å². The third kappa shape index (κ3) is 6.01. The Bertz CT molecular complexity index is 610. The Morgan fingerprint density at radius 3 is 2.04 bits per heavy atom. The van der Waals surface area contributed by atoms with Gasteiger partial charge in [0, 0.05) is 16.1 Å². The van der Waals surface area contributed by atoms with Crippen LogP contribution in [-0.4, -0.2) is 18.0 Å². The molecule has 0 aliphatic rings. The van der Waals surface area contributed by atoms with Crippen LogP contribution in [0.4, 0.5) is 0 Å². The molecule has 0 unspecified atom stereocenters. The Morgan fingerprint density at radius 2 is 1.38 bits per heavy atom. The van der Waals surface area contributed by atoms with Crippen LogP contribution >= 0.6 is 15.9 Å². The molecule has 0 fully saturated rings. The van der Waals surface area contributed by atoms with E-state index in [1.54, 1.807) is 0 Å². The maximum Gasteiger partial charge on any atom is 0.127 e. The fourth-order valence-electron chi connectivity index (χ4n) is 2.81. The molecule has 2 rings (SSSR count). The fraction of sp³-hybridized carbons (Fsp3) is 0.524. The summed E-state index contributed by atoms with van der Waals surface area (Å²) >= 11 is 3.48. The molecule has 0 saturated carbocycles. The first-order valence-corrected chi connectivity index (χ1v) is 10.2. The summed E-state index contributed by atoms with van der Waals surface area (Å²) in [6.45, 7) is 4.89. The van der Waals surface area contributed by atoms with Crippen molar-refractivity contribution in [3.63, 3.8) is 0 Å². The molecule has 2 aromatic carbocycles. The van der Waals surface area contributed by atoms with Gasteiger partial charge in [-0.2, -0.15) is 0 Å². The van der Waals surface area contributed by atoms with Gasteiger partial charge in [0.25, 0.3) is 0 Å².